The monoisotopic (exact) mass is 193 g/mol. The van der Waals surface area contributed by atoms with Crippen molar-refractivity contribution in [2.24, 2.45) is 0 Å². The smallest absolute Gasteiger partial charge is 0.162 e. The van der Waals surface area contributed by atoms with Crippen LogP contribution in [0.1, 0.15) is 31.5 Å². The Balaban J connectivity index is 2.35. The molecule has 1 saturated carbocycles. The lowest BCUT2D eigenvalue weighted by atomic mass is 10.0. The quantitative estimate of drug-likeness (QED) is 0.772. The molecule has 1 aromatic heterocycles. The zero-order valence-corrected chi connectivity index (χ0v) is 8.36. The Bertz CT molecular complexity index is 321. The fraction of sp³-hybridized carbons (Fsp3) is 0.600. The average Bonchev–Trinajstić information content (AvgIpc) is 2.67. The second-order valence-electron chi connectivity index (χ2n) is 3.71. The Hall–Kier alpha value is -1.16. The first-order valence-electron chi connectivity index (χ1n) is 4.91. The van der Waals surface area contributed by atoms with Crippen LogP contribution >= 0.6 is 0 Å². The molecule has 1 aliphatic rings. The summed E-state index contributed by atoms with van der Waals surface area (Å²) in [4.78, 5) is 8.49. The summed E-state index contributed by atoms with van der Waals surface area (Å²) in [6, 6.07) is 1.70. The Morgan fingerprint density at radius 1 is 1.43 bits per heavy atom. The van der Waals surface area contributed by atoms with Gasteiger partial charge in [-0.1, -0.05) is 0 Å². The van der Waals surface area contributed by atoms with Gasteiger partial charge >= 0.3 is 0 Å². The van der Waals surface area contributed by atoms with Crippen molar-refractivity contribution >= 4 is 5.82 Å². The molecule has 0 unspecified atom stereocenters. The van der Waals surface area contributed by atoms with Crippen LogP contribution in [0.3, 0.4) is 0 Å². The molecule has 0 bridgehead atoms. The molecular formula is C10H15N3O. The lowest BCUT2D eigenvalue weighted by Crippen LogP contribution is -2.27. The van der Waals surface area contributed by atoms with Crippen molar-refractivity contribution in [1.82, 2.24) is 9.97 Å². The molecule has 0 spiro atoms. The zero-order chi connectivity index (χ0) is 10.0. The average molecular weight is 193 g/mol. The van der Waals surface area contributed by atoms with Gasteiger partial charge in [-0.3, -0.25) is 0 Å². The Morgan fingerprint density at radius 3 is 2.71 bits per heavy atom. The minimum Gasteiger partial charge on any atom is -0.384 e. The Kier molecular flexibility index (Phi) is 2.37. The van der Waals surface area contributed by atoms with E-state index < -0.39 is 0 Å². The van der Waals surface area contributed by atoms with E-state index in [1.54, 1.807) is 19.4 Å². The van der Waals surface area contributed by atoms with Crippen molar-refractivity contribution in [3.05, 3.63) is 18.1 Å². The van der Waals surface area contributed by atoms with E-state index in [1.807, 2.05) is 0 Å². The molecule has 4 heteroatoms. The first kappa shape index (κ1) is 9.40. The number of nitrogen functional groups attached to an aromatic ring is 1. The summed E-state index contributed by atoms with van der Waals surface area (Å²) < 4.78 is 5.56. The number of hydrogen-bond acceptors (Lipinski definition) is 4. The highest BCUT2D eigenvalue weighted by Gasteiger charge is 2.38. The van der Waals surface area contributed by atoms with Gasteiger partial charge in [0.15, 0.2) is 5.82 Å². The number of ether oxygens (including phenoxy) is 1. The van der Waals surface area contributed by atoms with Crippen LogP contribution in [-0.2, 0) is 10.3 Å². The van der Waals surface area contributed by atoms with E-state index in [2.05, 4.69) is 9.97 Å². The molecule has 1 fully saturated rings. The van der Waals surface area contributed by atoms with Crippen LogP contribution in [0.5, 0.6) is 0 Å². The summed E-state index contributed by atoms with van der Waals surface area (Å²) in [5, 5.41) is 0. The maximum Gasteiger partial charge on any atom is 0.162 e. The predicted octanol–water partition coefficient (Wildman–Crippen LogP) is 1.47. The van der Waals surface area contributed by atoms with Gasteiger partial charge in [0.25, 0.3) is 0 Å². The molecule has 1 aliphatic carbocycles. The molecule has 4 nitrogen and oxygen atoms in total. The summed E-state index contributed by atoms with van der Waals surface area (Å²) in [5.74, 6) is 1.25. The number of anilines is 1. The van der Waals surface area contributed by atoms with Crippen LogP contribution in [0.2, 0.25) is 0 Å². The fourth-order valence-electron chi connectivity index (χ4n) is 2.06. The van der Waals surface area contributed by atoms with Gasteiger partial charge in [-0.05, 0) is 31.7 Å². The van der Waals surface area contributed by atoms with Crippen molar-refractivity contribution in [2.75, 3.05) is 12.8 Å². The third kappa shape index (κ3) is 1.46. The summed E-state index contributed by atoms with van der Waals surface area (Å²) in [6.07, 6.45) is 6.02. The third-order valence-corrected chi connectivity index (χ3v) is 2.89. The lowest BCUT2D eigenvalue weighted by Gasteiger charge is -2.25. The van der Waals surface area contributed by atoms with Gasteiger partial charge in [0, 0.05) is 13.3 Å². The first-order chi connectivity index (χ1) is 6.77. The van der Waals surface area contributed by atoms with Crippen LogP contribution < -0.4 is 5.73 Å². The number of rotatable bonds is 2. The van der Waals surface area contributed by atoms with E-state index in [-0.39, 0.29) is 5.60 Å². The molecule has 0 aliphatic heterocycles. The van der Waals surface area contributed by atoms with Gasteiger partial charge < -0.3 is 10.5 Å². The van der Waals surface area contributed by atoms with E-state index in [4.69, 9.17) is 10.5 Å². The van der Waals surface area contributed by atoms with Crippen molar-refractivity contribution in [3.8, 4) is 0 Å². The van der Waals surface area contributed by atoms with Crippen LogP contribution in [0.4, 0.5) is 5.82 Å². The molecule has 0 saturated heterocycles. The Labute approximate surface area is 83.5 Å². The standard InChI is InChI=1S/C10H15N3O/c1-14-10(5-2-3-6-10)9-12-7-4-8(11)13-9/h4,7H,2-3,5-6H2,1H3,(H2,11,12,13). The van der Waals surface area contributed by atoms with Gasteiger partial charge in [-0.25, -0.2) is 9.97 Å². The number of hydrogen-bond donors (Lipinski definition) is 1. The summed E-state index contributed by atoms with van der Waals surface area (Å²) in [7, 11) is 1.72. The molecule has 0 amide bonds. The number of methoxy groups -OCH3 is 1. The summed E-state index contributed by atoms with van der Waals surface area (Å²) in [5.41, 5.74) is 5.35. The van der Waals surface area contributed by atoms with Crippen LogP contribution in [0, 0.1) is 0 Å². The number of aromatic nitrogens is 2. The number of nitrogens with two attached hydrogens (primary N) is 1. The number of nitrogens with zero attached hydrogens (tertiary/aromatic N) is 2. The van der Waals surface area contributed by atoms with E-state index in [0.717, 1.165) is 18.7 Å². The maximum atomic E-state index is 5.63. The SMILES string of the molecule is COC1(c2nccc(N)n2)CCCC1. The molecular weight excluding hydrogens is 178 g/mol. The second kappa shape index (κ2) is 3.53. The fourth-order valence-corrected chi connectivity index (χ4v) is 2.06. The third-order valence-electron chi connectivity index (χ3n) is 2.89. The molecule has 1 heterocycles. The molecule has 2 rings (SSSR count). The second-order valence-corrected chi connectivity index (χ2v) is 3.71. The zero-order valence-electron chi connectivity index (χ0n) is 8.36. The van der Waals surface area contributed by atoms with E-state index in [1.165, 1.54) is 12.8 Å². The van der Waals surface area contributed by atoms with Gasteiger partial charge in [0.05, 0.1) is 0 Å². The van der Waals surface area contributed by atoms with Crippen LogP contribution in [-0.4, -0.2) is 17.1 Å². The molecule has 2 N–H and O–H groups in total. The van der Waals surface area contributed by atoms with Gasteiger partial charge in [-0.15, -0.1) is 0 Å². The maximum absolute atomic E-state index is 5.63. The molecule has 76 valence electrons. The van der Waals surface area contributed by atoms with Crippen molar-refractivity contribution in [3.63, 3.8) is 0 Å². The summed E-state index contributed by atoms with van der Waals surface area (Å²) >= 11 is 0. The molecule has 0 atom stereocenters. The van der Waals surface area contributed by atoms with Crippen LogP contribution in [0.15, 0.2) is 12.3 Å². The van der Waals surface area contributed by atoms with Crippen molar-refractivity contribution < 1.29 is 4.74 Å². The normalized spacial score (nSPS) is 19.8. The lowest BCUT2D eigenvalue weighted by molar-refractivity contribution is -0.0161. The highest BCUT2D eigenvalue weighted by Crippen LogP contribution is 2.39. The van der Waals surface area contributed by atoms with E-state index in [9.17, 15) is 0 Å². The van der Waals surface area contributed by atoms with Gasteiger partial charge in [0.2, 0.25) is 0 Å². The van der Waals surface area contributed by atoms with Gasteiger partial charge in [-0.2, -0.15) is 0 Å². The highest BCUT2D eigenvalue weighted by molar-refractivity contribution is 5.26. The summed E-state index contributed by atoms with van der Waals surface area (Å²) in [6.45, 7) is 0. The van der Waals surface area contributed by atoms with E-state index in [0.29, 0.717) is 5.82 Å². The highest BCUT2D eigenvalue weighted by atomic mass is 16.5. The van der Waals surface area contributed by atoms with E-state index >= 15 is 0 Å². The molecule has 0 aromatic carbocycles. The molecule has 1 aromatic rings. The van der Waals surface area contributed by atoms with Crippen LogP contribution in [0.25, 0.3) is 0 Å². The van der Waals surface area contributed by atoms with Gasteiger partial charge in [0.1, 0.15) is 11.4 Å². The van der Waals surface area contributed by atoms with Crippen molar-refractivity contribution in [2.45, 2.75) is 31.3 Å². The Morgan fingerprint density at radius 2 is 2.14 bits per heavy atom. The topological polar surface area (TPSA) is 61.0 Å². The minimum atomic E-state index is -0.282. The molecule has 14 heavy (non-hydrogen) atoms. The predicted molar refractivity (Wildman–Crippen MR) is 53.6 cm³/mol. The van der Waals surface area contributed by atoms with Crippen molar-refractivity contribution in [1.29, 1.82) is 0 Å². The largest absolute Gasteiger partial charge is 0.384 e. The first-order valence-corrected chi connectivity index (χ1v) is 4.91. The molecule has 0 radical (unpaired) electrons. The minimum absolute atomic E-state index is 0.282.